The van der Waals surface area contributed by atoms with E-state index in [4.69, 9.17) is 0 Å². The number of halogens is 3. The lowest BCUT2D eigenvalue weighted by atomic mass is 9.82. The molecule has 2 saturated heterocycles. The van der Waals surface area contributed by atoms with E-state index < -0.39 is 17.7 Å². The van der Waals surface area contributed by atoms with Gasteiger partial charge >= 0.3 is 12.1 Å². The van der Waals surface area contributed by atoms with E-state index in [9.17, 15) is 22.8 Å². The predicted molar refractivity (Wildman–Crippen MR) is 189 cm³/mol. The molecule has 3 aromatic carbocycles. The van der Waals surface area contributed by atoms with Gasteiger partial charge in [0.05, 0.1) is 11.1 Å². The van der Waals surface area contributed by atoms with Crippen LogP contribution in [0, 0.1) is 5.92 Å². The van der Waals surface area contributed by atoms with E-state index in [2.05, 4.69) is 34.1 Å². The second kappa shape index (κ2) is 15.7. The summed E-state index contributed by atoms with van der Waals surface area (Å²) in [5.41, 5.74) is 2.68. The quantitative estimate of drug-likeness (QED) is 0.315. The fraction of sp³-hybridized carbons (Fsp3) is 0.432. The van der Waals surface area contributed by atoms with E-state index >= 15 is 0 Å². The van der Waals surface area contributed by atoms with Gasteiger partial charge in [0.25, 0.3) is 0 Å². The maximum Gasteiger partial charge on any atom is 0.419 e. The van der Waals surface area contributed by atoms with Gasteiger partial charge < -0.3 is 20.0 Å². The van der Waals surface area contributed by atoms with Crippen molar-refractivity contribution in [1.29, 1.82) is 0 Å². The van der Waals surface area contributed by atoms with Crippen molar-refractivity contribution in [2.45, 2.75) is 24.9 Å². The van der Waals surface area contributed by atoms with Crippen molar-refractivity contribution < 1.29 is 27.3 Å². The van der Waals surface area contributed by atoms with Gasteiger partial charge in [0.2, 0.25) is 11.6 Å². The first-order valence-electron chi connectivity index (χ1n) is 16.4. The van der Waals surface area contributed by atoms with E-state index in [1.165, 1.54) is 12.1 Å². The van der Waals surface area contributed by atoms with Crippen LogP contribution in [0.4, 0.5) is 24.5 Å². The van der Waals surface area contributed by atoms with Crippen LogP contribution in [-0.2, 0) is 11.0 Å². The lowest BCUT2D eigenvalue weighted by Gasteiger charge is -2.34. The van der Waals surface area contributed by atoms with Crippen LogP contribution in [0.15, 0.2) is 72.8 Å². The standard InChI is InChI=1S/C35H38F3N5O2.C2H6S/c1-40-16-14-24(15-17-40)23-43-32(25-10-12-26(13-11-25)35(36,37)38)31(29-8-3-4-9-30(29)34(43)45)33(44)39-27-6-5-7-28(22-27)42-20-18-41(2)19-21-42;1-3-2/h3-13,22,24,31H,14-21,23H2,1-2H3;1-2H3/p+1/t31-;/m0./s1. The molecule has 11 heteroatoms. The maximum atomic E-state index is 14.4. The van der Waals surface area contributed by atoms with Gasteiger partial charge in [-0.1, -0.05) is 24.3 Å². The molecule has 0 aliphatic carbocycles. The summed E-state index contributed by atoms with van der Waals surface area (Å²) >= 11 is 1.75. The molecule has 1 atom stereocenters. The fourth-order valence-corrected chi connectivity index (χ4v) is 6.66. The molecule has 256 valence electrons. The SMILES string of the molecule is CN1CCC(C[N+]2=C(c3ccc(C(F)(F)F)cc3)[C@@H](C(=O)Nc3cccc(N4CCN(C)CC4)c3)c3ccccc3C2=O)CC1.CSC. The molecule has 0 bridgehead atoms. The van der Waals surface area contributed by atoms with Gasteiger partial charge in [-0.15, -0.1) is 0 Å². The number of carbonyl (C=O) groups is 2. The molecule has 3 aliphatic heterocycles. The Labute approximate surface area is 285 Å². The Kier molecular flexibility index (Phi) is 11.7. The highest BCUT2D eigenvalue weighted by molar-refractivity contribution is 7.97. The van der Waals surface area contributed by atoms with Crippen molar-refractivity contribution in [3.63, 3.8) is 0 Å². The number of piperazine rings is 1. The van der Waals surface area contributed by atoms with Gasteiger partial charge in [-0.2, -0.15) is 29.5 Å². The van der Waals surface area contributed by atoms with Gasteiger partial charge in [-0.3, -0.25) is 4.79 Å². The summed E-state index contributed by atoms with van der Waals surface area (Å²) in [5.74, 6) is -1.28. The van der Waals surface area contributed by atoms with Crippen LogP contribution < -0.4 is 10.2 Å². The number of likely N-dealkylation sites (N-methyl/N-ethyl adjacent to an activating group) is 1. The van der Waals surface area contributed by atoms with Crippen molar-refractivity contribution in [3.05, 3.63) is 95.1 Å². The number of benzene rings is 3. The average molecular weight is 681 g/mol. The normalized spacial score (nSPS) is 19.4. The first-order chi connectivity index (χ1) is 23.0. The summed E-state index contributed by atoms with van der Waals surface area (Å²) in [6.45, 7) is 5.83. The fourth-order valence-electron chi connectivity index (χ4n) is 6.66. The first-order valence-corrected chi connectivity index (χ1v) is 18.0. The number of amides is 2. The Balaban J connectivity index is 0.00000145. The van der Waals surface area contributed by atoms with E-state index in [0.29, 0.717) is 34.6 Å². The molecule has 7 nitrogen and oxygen atoms in total. The number of piperidine rings is 1. The van der Waals surface area contributed by atoms with Crippen LogP contribution in [0.5, 0.6) is 0 Å². The van der Waals surface area contributed by atoms with Crippen LogP contribution in [0.2, 0.25) is 0 Å². The summed E-state index contributed by atoms with van der Waals surface area (Å²) < 4.78 is 42.2. The highest BCUT2D eigenvalue weighted by atomic mass is 32.2. The highest BCUT2D eigenvalue weighted by Crippen LogP contribution is 2.35. The monoisotopic (exact) mass is 680 g/mol. The lowest BCUT2D eigenvalue weighted by Crippen LogP contribution is -2.45. The Morgan fingerprint density at radius 1 is 0.875 bits per heavy atom. The zero-order chi connectivity index (χ0) is 34.4. The molecule has 2 amide bonds. The van der Waals surface area contributed by atoms with E-state index in [-0.39, 0.29) is 17.7 Å². The molecule has 0 unspecified atom stereocenters. The van der Waals surface area contributed by atoms with Crippen molar-refractivity contribution in [2.75, 3.05) is 82.6 Å². The lowest BCUT2D eigenvalue weighted by molar-refractivity contribution is -0.441. The van der Waals surface area contributed by atoms with Gasteiger partial charge in [0.1, 0.15) is 5.92 Å². The largest absolute Gasteiger partial charge is 0.419 e. The number of nitrogens with one attached hydrogen (secondary N) is 1. The van der Waals surface area contributed by atoms with Crippen LogP contribution in [0.25, 0.3) is 0 Å². The van der Waals surface area contributed by atoms with Gasteiger partial charge in [0.15, 0.2) is 6.54 Å². The molecule has 3 aromatic rings. The number of carbonyl (C=O) groups excluding carboxylic acids is 2. The third-order valence-corrected chi connectivity index (χ3v) is 9.34. The summed E-state index contributed by atoms with van der Waals surface area (Å²) in [5, 5.41) is 3.10. The molecular weight excluding hydrogens is 636 g/mol. The Morgan fingerprint density at radius 3 is 2.15 bits per heavy atom. The van der Waals surface area contributed by atoms with Gasteiger partial charge in [-0.25, -0.2) is 4.79 Å². The minimum atomic E-state index is -4.50. The summed E-state index contributed by atoms with van der Waals surface area (Å²) in [7, 11) is 4.17. The van der Waals surface area contributed by atoms with Crippen LogP contribution in [0.3, 0.4) is 0 Å². The first kappa shape index (κ1) is 35.6. The van der Waals surface area contributed by atoms with Crippen LogP contribution >= 0.6 is 11.8 Å². The number of anilines is 2. The van der Waals surface area contributed by atoms with Crippen molar-refractivity contribution in [2.24, 2.45) is 5.92 Å². The number of hydrogen-bond donors (Lipinski definition) is 1. The minimum Gasteiger partial charge on any atom is -0.369 e. The van der Waals surface area contributed by atoms with Crippen molar-refractivity contribution in [1.82, 2.24) is 9.80 Å². The zero-order valence-electron chi connectivity index (χ0n) is 28.1. The smallest absolute Gasteiger partial charge is 0.369 e. The molecule has 0 saturated carbocycles. The maximum absolute atomic E-state index is 14.4. The molecule has 48 heavy (non-hydrogen) atoms. The topological polar surface area (TPSA) is 58.9 Å². The molecule has 2 fully saturated rings. The summed E-state index contributed by atoms with van der Waals surface area (Å²) in [6.07, 6.45) is 1.36. The third kappa shape index (κ3) is 8.30. The molecular formula is C37H45F3N5O2S+. The molecule has 6 rings (SSSR count). The Bertz CT molecular complexity index is 1610. The number of likely N-dealkylation sites (tertiary alicyclic amines) is 1. The third-order valence-electron chi connectivity index (χ3n) is 9.34. The average Bonchev–Trinajstić information content (AvgIpc) is 3.07. The summed E-state index contributed by atoms with van der Waals surface area (Å²) in [6, 6.07) is 19.6. The van der Waals surface area contributed by atoms with E-state index in [1.54, 1.807) is 40.6 Å². The van der Waals surface area contributed by atoms with Crippen LogP contribution in [-0.4, -0.2) is 104 Å². The molecule has 1 N–H and O–H groups in total. The van der Waals surface area contributed by atoms with Gasteiger partial charge in [0, 0.05) is 49.0 Å². The number of alkyl halides is 3. The second-order valence-corrected chi connectivity index (χ2v) is 13.7. The van der Waals surface area contributed by atoms with E-state index in [1.807, 2.05) is 36.8 Å². The van der Waals surface area contributed by atoms with Crippen LogP contribution in [0.1, 0.15) is 45.8 Å². The number of fused-ring (bicyclic) bond motifs is 1. The molecule has 0 spiro atoms. The Morgan fingerprint density at radius 2 is 1.50 bits per heavy atom. The molecule has 0 radical (unpaired) electrons. The second-order valence-electron chi connectivity index (χ2n) is 12.9. The molecule has 3 heterocycles. The zero-order valence-corrected chi connectivity index (χ0v) is 28.9. The number of thioether (sulfide) groups is 1. The molecule has 3 aliphatic rings. The molecule has 0 aromatic heterocycles. The number of rotatable bonds is 6. The Hall–Kier alpha value is -3.67. The number of hydrogen-bond acceptors (Lipinski definition) is 6. The highest BCUT2D eigenvalue weighted by Gasteiger charge is 2.46. The van der Waals surface area contributed by atoms with Crippen molar-refractivity contribution >= 4 is 40.7 Å². The van der Waals surface area contributed by atoms with Gasteiger partial charge in [-0.05, 0) is 107 Å². The van der Waals surface area contributed by atoms with E-state index in [0.717, 1.165) is 69.9 Å². The number of nitrogens with zero attached hydrogens (tertiary/aromatic N) is 4. The minimum absolute atomic E-state index is 0.198. The predicted octanol–water partition coefficient (Wildman–Crippen LogP) is 6.16. The van der Waals surface area contributed by atoms with Crippen molar-refractivity contribution in [3.8, 4) is 0 Å². The summed E-state index contributed by atoms with van der Waals surface area (Å²) in [4.78, 5) is 35.3.